The minimum Gasteiger partial charge on any atom is -0.359 e. The minimum absolute atomic E-state index is 0.853. The van der Waals surface area contributed by atoms with Crippen LogP contribution in [0.25, 0.3) is 0 Å². The molecular formula is C14H24N4. The van der Waals surface area contributed by atoms with Crippen LogP contribution in [0.2, 0.25) is 0 Å². The molecule has 1 aliphatic carbocycles. The summed E-state index contributed by atoms with van der Waals surface area (Å²) in [5.74, 6) is 2.84. The molecule has 1 N–H and O–H groups in total. The SMILES string of the molecule is CNCCc1nccc(N(C)CC2CCCC2)n1. The number of likely N-dealkylation sites (N-methyl/N-ethyl adjacent to an activating group) is 1. The summed E-state index contributed by atoms with van der Waals surface area (Å²) in [5.41, 5.74) is 0. The third kappa shape index (κ3) is 3.67. The van der Waals surface area contributed by atoms with Gasteiger partial charge in [0.25, 0.3) is 0 Å². The van der Waals surface area contributed by atoms with E-state index in [4.69, 9.17) is 0 Å². The van der Waals surface area contributed by atoms with Gasteiger partial charge in [-0.25, -0.2) is 9.97 Å². The molecule has 1 aromatic heterocycles. The molecule has 1 aliphatic rings. The van der Waals surface area contributed by atoms with Crippen molar-refractivity contribution in [3.05, 3.63) is 18.1 Å². The number of anilines is 1. The van der Waals surface area contributed by atoms with E-state index in [0.29, 0.717) is 0 Å². The van der Waals surface area contributed by atoms with E-state index in [1.54, 1.807) is 0 Å². The number of aromatic nitrogens is 2. The Labute approximate surface area is 110 Å². The van der Waals surface area contributed by atoms with Crippen LogP contribution in [0.1, 0.15) is 31.5 Å². The molecule has 4 nitrogen and oxygen atoms in total. The summed E-state index contributed by atoms with van der Waals surface area (Å²) in [7, 11) is 4.10. The predicted octanol–water partition coefficient (Wildman–Crippen LogP) is 1.86. The minimum atomic E-state index is 0.853. The van der Waals surface area contributed by atoms with Crippen LogP contribution < -0.4 is 10.2 Å². The van der Waals surface area contributed by atoms with E-state index in [2.05, 4.69) is 27.2 Å². The zero-order valence-electron chi connectivity index (χ0n) is 11.5. The Hall–Kier alpha value is -1.16. The molecule has 1 fully saturated rings. The molecule has 0 unspecified atom stereocenters. The van der Waals surface area contributed by atoms with Crippen LogP contribution >= 0.6 is 0 Å². The molecule has 2 rings (SSSR count). The quantitative estimate of drug-likeness (QED) is 0.834. The Morgan fingerprint density at radius 1 is 1.39 bits per heavy atom. The molecule has 4 heteroatoms. The lowest BCUT2D eigenvalue weighted by molar-refractivity contribution is 0.544. The topological polar surface area (TPSA) is 41.1 Å². The zero-order chi connectivity index (χ0) is 12.8. The molecule has 0 amide bonds. The van der Waals surface area contributed by atoms with Crippen molar-refractivity contribution in [3.63, 3.8) is 0 Å². The fourth-order valence-corrected chi connectivity index (χ4v) is 2.63. The summed E-state index contributed by atoms with van der Waals surface area (Å²) in [4.78, 5) is 11.2. The molecule has 0 atom stereocenters. The van der Waals surface area contributed by atoms with Crippen LogP contribution in [0.5, 0.6) is 0 Å². The van der Waals surface area contributed by atoms with Crippen molar-refractivity contribution in [2.24, 2.45) is 5.92 Å². The standard InChI is InChI=1S/C14H24N4/c1-15-9-7-13-16-10-8-14(17-13)18(2)11-12-5-3-4-6-12/h8,10,12,15H,3-7,9,11H2,1-2H3. The lowest BCUT2D eigenvalue weighted by Gasteiger charge is -2.22. The third-order valence-electron chi connectivity index (χ3n) is 3.69. The smallest absolute Gasteiger partial charge is 0.131 e. The first-order chi connectivity index (χ1) is 8.79. The Morgan fingerprint density at radius 2 is 2.17 bits per heavy atom. The molecule has 1 saturated carbocycles. The maximum Gasteiger partial charge on any atom is 0.131 e. The van der Waals surface area contributed by atoms with Gasteiger partial charge in [0.15, 0.2) is 0 Å². The number of hydrogen-bond acceptors (Lipinski definition) is 4. The van der Waals surface area contributed by atoms with Crippen molar-refractivity contribution in [1.82, 2.24) is 15.3 Å². The van der Waals surface area contributed by atoms with Crippen LogP contribution in [0, 0.1) is 5.92 Å². The third-order valence-corrected chi connectivity index (χ3v) is 3.69. The van der Waals surface area contributed by atoms with Gasteiger partial charge in [0.05, 0.1) is 0 Å². The summed E-state index contributed by atoms with van der Waals surface area (Å²) in [5, 5.41) is 3.13. The Morgan fingerprint density at radius 3 is 2.89 bits per heavy atom. The van der Waals surface area contributed by atoms with Crippen LogP contribution in [0.3, 0.4) is 0 Å². The van der Waals surface area contributed by atoms with Crippen LogP contribution in [0.15, 0.2) is 12.3 Å². The average Bonchev–Trinajstić information content (AvgIpc) is 2.89. The highest BCUT2D eigenvalue weighted by atomic mass is 15.2. The molecule has 0 saturated heterocycles. The fourth-order valence-electron chi connectivity index (χ4n) is 2.63. The molecular weight excluding hydrogens is 224 g/mol. The Balaban J connectivity index is 1.93. The van der Waals surface area contributed by atoms with E-state index in [-0.39, 0.29) is 0 Å². The molecule has 1 aromatic rings. The average molecular weight is 248 g/mol. The van der Waals surface area contributed by atoms with Gasteiger partial charge < -0.3 is 10.2 Å². The second-order valence-electron chi connectivity index (χ2n) is 5.22. The normalized spacial score (nSPS) is 16.1. The number of nitrogens with one attached hydrogen (secondary N) is 1. The summed E-state index contributed by atoms with van der Waals surface area (Å²) >= 11 is 0. The predicted molar refractivity (Wildman–Crippen MR) is 74.9 cm³/mol. The highest BCUT2D eigenvalue weighted by molar-refractivity contribution is 5.36. The first-order valence-electron chi connectivity index (χ1n) is 6.97. The number of hydrogen-bond donors (Lipinski definition) is 1. The summed E-state index contributed by atoms with van der Waals surface area (Å²) in [6.45, 7) is 2.05. The van der Waals surface area contributed by atoms with Gasteiger partial charge in [-0.15, -0.1) is 0 Å². The van der Waals surface area contributed by atoms with Gasteiger partial charge in [-0.1, -0.05) is 12.8 Å². The van der Waals surface area contributed by atoms with Gasteiger partial charge in [0, 0.05) is 32.8 Å². The van der Waals surface area contributed by atoms with E-state index in [1.807, 2.05) is 19.3 Å². The van der Waals surface area contributed by atoms with Crippen LogP contribution in [0.4, 0.5) is 5.82 Å². The Bertz CT molecular complexity index is 361. The van der Waals surface area contributed by atoms with Crippen molar-refractivity contribution in [2.75, 3.05) is 32.1 Å². The van der Waals surface area contributed by atoms with E-state index < -0.39 is 0 Å². The number of nitrogens with zero attached hydrogens (tertiary/aromatic N) is 3. The molecule has 1 heterocycles. The van der Waals surface area contributed by atoms with Crippen molar-refractivity contribution in [2.45, 2.75) is 32.1 Å². The van der Waals surface area contributed by atoms with Crippen LogP contribution in [-0.4, -0.2) is 37.2 Å². The lowest BCUT2D eigenvalue weighted by Crippen LogP contribution is -2.25. The van der Waals surface area contributed by atoms with Crippen molar-refractivity contribution < 1.29 is 0 Å². The van der Waals surface area contributed by atoms with Crippen molar-refractivity contribution >= 4 is 5.82 Å². The van der Waals surface area contributed by atoms with Gasteiger partial charge in [-0.05, 0) is 31.9 Å². The second kappa shape index (κ2) is 6.69. The highest BCUT2D eigenvalue weighted by Gasteiger charge is 2.17. The lowest BCUT2D eigenvalue weighted by atomic mass is 10.1. The summed E-state index contributed by atoms with van der Waals surface area (Å²) < 4.78 is 0. The monoisotopic (exact) mass is 248 g/mol. The van der Waals surface area contributed by atoms with E-state index in [1.165, 1.54) is 25.7 Å². The van der Waals surface area contributed by atoms with Crippen LogP contribution in [-0.2, 0) is 6.42 Å². The first kappa shape index (κ1) is 13.3. The maximum atomic E-state index is 4.63. The summed E-state index contributed by atoms with van der Waals surface area (Å²) in [6.07, 6.45) is 8.32. The van der Waals surface area contributed by atoms with E-state index >= 15 is 0 Å². The van der Waals surface area contributed by atoms with E-state index in [9.17, 15) is 0 Å². The van der Waals surface area contributed by atoms with E-state index in [0.717, 1.165) is 37.1 Å². The molecule has 0 aliphatic heterocycles. The summed E-state index contributed by atoms with van der Waals surface area (Å²) in [6, 6.07) is 2.01. The maximum absolute atomic E-state index is 4.63. The molecule has 0 aromatic carbocycles. The van der Waals surface area contributed by atoms with Gasteiger partial charge in [-0.2, -0.15) is 0 Å². The fraction of sp³-hybridized carbons (Fsp3) is 0.714. The largest absolute Gasteiger partial charge is 0.359 e. The Kier molecular flexibility index (Phi) is 4.93. The molecule has 100 valence electrons. The van der Waals surface area contributed by atoms with Gasteiger partial charge in [-0.3, -0.25) is 0 Å². The highest BCUT2D eigenvalue weighted by Crippen LogP contribution is 2.26. The first-order valence-corrected chi connectivity index (χ1v) is 6.97. The molecule has 0 spiro atoms. The molecule has 0 bridgehead atoms. The zero-order valence-corrected chi connectivity index (χ0v) is 11.5. The number of rotatable bonds is 6. The van der Waals surface area contributed by atoms with Crippen molar-refractivity contribution in [3.8, 4) is 0 Å². The molecule has 0 radical (unpaired) electrons. The van der Waals surface area contributed by atoms with Gasteiger partial charge in [0.2, 0.25) is 0 Å². The van der Waals surface area contributed by atoms with Gasteiger partial charge in [0.1, 0.15) is 11.6 Å². The second-order valence-corrected chi connectivity index (χ2v) is 5.22. The van der Waals surface area contributed by atoms with Gasteiger partial charge >= 0.3 is 0 Å². The molecule has 18 heavy (non-hydrogen) atoms. The van der Waals surface area contributed by atoms with Crippen molar-refractivity contribution in [1.29, 1.82) is 0 Å².